The van der Waals surface area contributed by atoms with Crippen LogP contribution in [-0.4, -0.2) is 11.5 Å². The van der Waals surface area contributed by atoms with Crippen molar-refractivity contribution >= 4 is 11.5 Å². The average molecular weight is 169 g/mol. The van der Waals surface area contributed by atoms with Crippen molar-refractivity contribution in [1.82, 2.24) is 0 Å². The predicted octanol–water partition coefficient (Wildman–Crippen LogP) is 2.03. The zero-order valence-electron chi connectivity index (χ0n) is 8.63. The Morgan fingerprint density at radius 3 is 1.83 bits per heavy atom. The van der Waals surface area contributed by atoms with Gasteiger partial charge in [0.25, 0.3) is 0 Å². The van der Waals surface area contributed by atoms with Gasteiger partial charge in [-0.1, -0.05) is 27.7 Å². The highest BCUT2D eigenvalue weighted by Gasteiger charge is 2.05. The second-order valence-corrected chi connectivity index (χ2v) is 3.55. The van der Waals surface area contributed by atoms with Crippen LogP contribution < -0.4 is 5.84 Å². The Morgan fingerprint density at radius 2 is 1.58 bits per heavy atom. The van der Waals surface area contributed by atoms with Crippen molar-refractivity contribution in [2.24, 2.45) is 27.8 Å². The third-order valence-electron chi connectivity index (χ3n) is 1.78. The maximum atomic E-state index is 5.20. The molecule has 12 heavy (non-hydrogen) atoms. The van der Waals surface area contributed by atoms with E-state index in [0.29, 0.717) is 11.8 Å². The van der Waals surface area contributed by atoms with Crippen LogP contribution in [0.2, 0.25) is 0 Å². The van der Waals surface area contributed by atoms with Crippen LogP contribution >= 0.6 is 0 Å². The zero-order valence-corrected chi connectivity index (χ0v) is 8.63. The van der Waals surface area contributed by atoms with E-state index in [2.05, 4.69) is 23.9 Å². The highest BCUT2D eigenvalue weighted by atomic mass is 15.2. The van der Waals surface area contributed by atoms with Crippen molar-refractivity contribution in [3.05, 3.63) is 0 Å². The van der Waals surface area contributed by atoms with Crippen molar-refractivity contribution in [3.8, 4) is 0 Å². The predicted molar refractivity (Wildman–Crippen MR) is 54.4 cm³/mol. The first-order valence-corrected chi connectivity index (χ1v) is 4.32. The monoisotopic (exact) mass is 169 g/mol. The van der Waals surface area contributed by atoms with Gasteiger partial charge < -0.3 is 5.84 Å². The molecule has 70 valence electrons. The lowest BCUT2D eigenvalue weighted by Crippen LogP contribution is -2.12. The summed E-state index contributed by atoms with van der Waals surface area (Å²) >= 11 is 0. The van der Waals surface area contributed by atoms with E-state index in [1.807, 2.05) is 20.8 Å². The minimum atomic E-state index is 0.295. The number of rotatable bonds is 2. The maximum absolute atomic E-state index is 5.20. The van der Waals surface area contributed by atoms with Crippen LogP contribution in [0.15, 0.2) is 10.1 Å². The van der Waals surface area contributed by atoms with Gasteiger partial charge in [-0.25, -0.2) is 4.99 Å². The number of nitrogens with zero attached hydrogens (tertiary/aromatic N) is 2. The number of hydrogen-bond acceptors (Lipinski definition) is 2. The summed E-state index contributed by atoms with van der Waals surface area (Å²) in [5, 5.41) is 3.64. The fraction of sp³-hybridized carbons (Fsp3) is 0.778. The van der Waals surface area contributed by atoms with Crippen molar-refractivity contribution in [2.75, 3.05) is 0 Å². The molecule has 2 N–H and O–H groups in total. The number of amidine groups is 1. The lowest BCUT2D eigenvalue weighted by molar-refractivity contribution is 0.847. The molecule has 0 fully saturated rings. The molecule has 0 rings (SSSR count). The molecule has 0 amide bonds. The van der Waals surface area contributed by atoms with E-state index >= 15 is 0 Å². The van der Waals surface area contributed by atoms with Gasteiger partial charge in [0.15, 0.2) is 0 Å². The van der Waals surface area contributed by atoms with Crippen LogP contribution in [0, 0.1) is 11.8 Å². The van der Waals surface area contributed by atoms with Gasteiger partial charge in [0.05, 0.1) is 0 Å². The van der Waals surface area contributed by atoms with Gasteiger partial charge in [0, 0.05) is 11.6 Å². The molecule has 0 saturated carbocycles. The second kappa shape index (κ2) is 4.91. The number of hydrazone groups is 1. The highest BCUT2D eigenvalue weighted by Crippen LogP contribution is 2.02. The molecule has 3 nitrogen and oxygen atoms in total. The Kier molecular flexibility index (Phi) is 4.55. The Morgan fingerprint density at radius 1 is 1.08 bits per heavy atom. The first kappa shape index (κ1) is 11.1. The lowest BCUT2D eigenvalue weighted by atomic mass is 10.1. The second-order valence-electron chi connectivity index (χ2n) is 3.55. The number of aliphatic imine (C=N–C) groups is 1. The summed E-state index contributed by atoms with van der Waals surface area (Å²) in [5.41, 5.74) is 1.08. The highest BCUT2D eigenvalue weighted by molar-refractivity contribution is 5.98. The minimum Gasteiger partial charge on any atom is -0.322 e. The average Bonchev–Trinajstić information content (AvgIpc) is 1.98. The van der Waals surface area contributed by atoms with E-state index in [1.165, 1.54) is 0 Å². The third-order valence-corrected chi connectivity index (χ3v) is 1.78. The summed E-state index contributed by atoms with van der Waals surface area (Å²) in [4.78, 5) is 4.34. The first-order valence-electron chi connectivity index (χ1n) is 4.32. The van der Waals surface area contributed by atoms with Crippen LogP contribution in [0.25, 0.3) is 0 Å². The summed E-state index contributed by atoms with van der Waals surface area (Å²) in [5.74, 6) is 6.68. The molecular weight excluding hydrogens is 150 g/mol. The molecule has 0 aliphatic rings. The number of hydrogen-bond donors (Lipinski definition) is 1. The molecule has 0 atom stereocenters. The molecule has 0 aliphatic heterocycles. The molecule has 0 heterocycles. The van der Waals surface area contributed by atoms with E-state index in [-0.39, 0.29) is 0 Å². The van der Waals surface area contributed by atoms with E-state index < -0.39 is 0 Å². The normalized spacial score (nSPS) is 14.6. The Bertz CT molecular complexity index is 190. The van der Waals surface area contributed by atoms with Crippen LogP contribution in [0.3, 0.4) is 0 Å². The molecule has 0 aromatic carbocycles. The quantitative estimate of drug-likeness (QED) is 0.292. The zero-order chi connectivity index (χ0) is 9.72. The summed E-state index contributed by atoms with van der Waals surface area (Å²) in [6, 6.07) is 0. The SMILES string of the molecule is C/C(=N\C(=N/N)C(C)C)C(C)C. The van der Waals surface area contributed by atoms with E-state index in [0.717, 1.165) is 11.5 Å². The van der Waals surface area contributed by atoms with Crippen molar-refractivity contribution in [2.45, 2.75) is 34.6 Å². The fourth-order valence-electron chi connectivity index (χ4n) is 0.617. The molecule has 0 saturated heterocycles. The molecule has 0 unspecified atom stereocenters. The molecule has 0 aromatic rings. The Hall–Kier alpha value is -0.860. The molecule has 0 radical (unpaired) electrons. The molecule has 0 aliphatic carbocycles. The van der Waals surface area contributed by atoms with Gasteiger partial charge in [-0.2, -0.15) is 5.10 Å². The van der Waals surface area contributed by atoms with Crippen molar-refractivity contribution < 1.29 is 0 Å². The molecule has 0 spiro atoms. The summed E-state index contributed by atoms with van der Waals surface area (Å²) in [6.07, 6.45) is 0. The molecule has 0 aromatic heterocycles. The third kappa shape index (κ3) is 3.51. The van der Waals surface area contributed by atoms with E-state index in [4.69, 9.17) is 5.84 Å². The topological polar surface area (TPSA) is 50.7 Å². The lowest BCUT2D eigenvalue weighted by Gasteiger charge is -2.07. The maximum Gasteiger partial charge on any atom is 0.150 e. The molecule has 3 heteroatoms. The Labute approximate surface area is 74.8 Å². The van der Waals surface area contributed by atoms with E-state index in [9.17, 15) is 0 Å². The summed E-state index contributed by atoms with van der Waals surface area (Å²) in [6.45, 7) is 10.3. The smallest absolute Gasteiger partial charge is 0.150 e. The minimum absolute atomic E-state index is 0.295. The standard InChI is InChI=1S/C9H19N3/c1-6(2)8(5)11-9(12-10)7(3)4/h6-7H,10H2,1-5H3/b11-8+,12-9-. The number of nitrogens with two attached hydrogens (primary N) is 1. The first-order chi connectivity index (χ1) is 5.49. The fourth-order valence-corrected chi connectivity index (χ4v) is 0.617. The Balaban J connectivity index is 4.49. The van der Waals surface area contributed by atoms with Gasteiger partial charge in [-0.15, -0.1) is 0 Å². The van der Waals surface area contributed by atoms with E-state index in [1.54, 1.807) is 0 Å². The van der Waals surface area contributed by atoms with Gasteiger partial charge in [0.1, 0.15) is 5.84 Å². The van der Waals surface area contributed by atoms with Gasteiger partial charge >= 0.3 is 0 Å². The molecule has 0 bridgehead atoms. The molecular formula is C9H19N3. The van der Waals surface area contributed by atoms with Crippen LogP contribution in [0.1, 0.15) is 34.6 Å². The van der Waals surface area contributed by atoms with Gasteiger partial charge in [-0.05, 0) is 12.8 Å². The van der Waals surface area contributed by atoms with Crippen LogP contribution in [0.4, 0.5) is 0 Å². The van der Waals surface area contributed by atoms with Gasteiger partial charge in [-0.3, -0.25) is 0 Å². The summed E-state index contributed by atoms with van der Waals surface area (Å²) < 4.78 is 0. The summed E-state index contributed by atoms with van der Waals surface area (Å²) in [7, 11) is 0. The van der Waals surface area contributed by atoms with Crippen molar-refractivity contribution in [3.63, 3.8) is 0 Å². The van der Waals surface area contributed by atoms with Gasteiger partial charge in [0.2, 0.25) is 0 Å². The van der Waals surface area contributed by atoms with Crippen molar-refractivity contribution in [1.29, 1.82) is 0 Å². The largest absolute Gasteiger partial charge is 0.322 e. The van der Waals surface area contributed by atoms with Crippen LogP contribution in [-0.2, 0) is 0 Å². The van der Waals surface area contributed by atoms with Crippen LogP contribution in [0.5, 0.6) is 0 Å².